The van der Waals surface area contributed by atoms with Gasteiger partial charge in [-0.3, -0.25) is 9.59 Å². The lowest BCUT2D eigenvalue weighted by molar-refractivity contribution is -0.119. The highest BCUT2D eigenvalue weighted by Crippen LogP contribution is 2.33. The summed E-state index contributed by atoms with van der Waals surface area (Å²) >= 11 is 4.32. The second kappa shape index (κ2) is 7.77. The minimum Gasteiger partial charge on any atom is -0.345 e. The molecule has 1 aliphatic carbocycles. The second-order valence-corrected chi connectivity index (χ2v) is 7.96. The van der Waals surface area contributed by atoms with Gasteiger partial charge in [0.1, 0.15) is 0 Å². The van der Waals surface area contributed by atoms with Gasteiger partial charge in [-0.05, 0) is 61.1 Å². The first kappa shape index (κ1) is 18.1. The highest BCUT2D eigenvalue weighted by molar-refractivity contribution is 7.80. The maximum absolute atomic E-state index is 13.2. The van der Waals surface area contributed by atoms with Gasteiger partial charge in [-0.1, -0.05) is 24.3 Å². The van der Waals surface area contributed by atoms with Crippen LogP contribution in [0.15, 0.2) is 53.4 Å². The summed E-state index contributed by atoms with van der Waals surface area (Å²) in [7, 11) is 0. The monoisotopic (exact) mass is 380 g/mol. The molecule has 1 saturated heterocycles. The lowest BCUT2D eigenvalue weighted by atomic mass is 10.0. The van der Waals surface area contributed by atoms with E-state index in [1.807, 2.05) is 48.5 Å². The summed E-state index contributed by atoms with van der Waals surface area (Å²) in [6.07, 6.45) is 4.84. The highest BCUT2D eigenvalue weighted by Gasteiger charge is 2.38. The van der Waals surface area contributed by atoms with Crippen molar-refractivity contribution >= 4 is 24.9 Å². The lowest BCUT2D eigenvalue weighted by Gasteiger charge is -2.37. The van der Waals surface area contributed by atoms with Crippen LogP contribution in [0.3, 0.4) is 0 Å². The standard InChI is InChI=1S/C22H24N2O2S/c25-15-23-13-11-20(12-14-23)24(19-7-8-19)22(26)18-3-1-16(2-4-18)17-5-9-21(27)10-6-17/h1-6,9-10,15,19-20,27H,7-8,11-14H2. The van der Waals surface area contributed by atoms with Gasteiger partial charge in [-0.2, -0.15) is 0 Å². The molecule has 0 aromatic heterocycles. The average molecular weight is 381 g/mol. The van der Waals surface area contributed by atoms with Crippen LogP contribution in [0, 0.1) is 0 Å². The normalized spacial score (nSPS) is 17.6. The molecule has 0 radical (unpaired) electrons. The molecule has 0 N–H and O–H groups in total. The van der Waals surface area contributed by atoms with Gasteiger partial charge in [0.25, 0.3) is 5.91 Å². The Morgan fingerprint density at radius 3 is 1.93 bits per heavy atom. The number of likely N-dealkylation sites (tertiary alicyclic amines) is 1. The molecule has 5 heteroatoms. The van der Waals surface area contributed by atoms with Crippen molar-refractivity contribution in [2.75, 3.05) is 13.1 Å². The first-order chi connectivity index (χ1) is 13.2. The van der Waals surface area contributed by atoms with Crippen molar-refractivity contribution in [2.45, 2.75) is 42.7 Å². The van der Waals surface area contributed by atoms with E-state index in [1.165, 1.54) is 0 Å². The van der Waals surface area contributed by atoms with Crippen molar-refractivity contribution in [3.8, 4) is 11.1 Å². The molecule has 1 saturated carbocycles. The number of carbonyl (C=O) groups is 2. The van der Waals surface area contributed by atoms with Gasteiger partial charge in [0.15, 0.2) is 0 Å². The number of hydrogen-bond donors (Lipinski definition) is 1. The summed E-state index contributed by atoms with van der Waals surface area (Å²) in [6, 6.07) is 16.5. The number of hydrogen-bond acceptors (Lipinski definition) is 3. The Labute approximate surface area is 165 Å². The van der Waals surface area contributed by atoms with Gasteiger partial charge in [0.2, 0.25) is 6.41 Å². The van der Waals surface area contributed by atoms with E-state index in [4.69, 9.17) is 0 Å². The first-order valence-corrected chi connectivity index (χ1v) is 10.0. The number of piperidine rings is 1. The molecule has 2 fully saturated rings. The maximum atomic E-state index is 13.2. The molecule has 1 heterocycles. The quantitative estimate of drug-likeness (QED) is 0.632. The van der Waals surface area contributed by atoms with Crippen molar-refractivity contribution < 1.29 is 9.59 Å². The minimum atomic E-state index is 0.124. The fraction of sp³-hybridized carbons (Fsp3) is 0.364. The number of carbonyl (C=O) groups excluding carboxylic acids is 2. The van der Waals surface area contributed by atoms with Crippen molar-refractivity contribution in [1.82, 2.24) is 9.80 Å². The third-order valence-electron chi connectivity index (χ3n) is 5.55. The molecular weight excluding hydrogens is 356 g/mol. The lowest BCUT2D eigenvalue weighted by Crippen LogP contribution is -2.48. The number of thiol groups is 1. The van der Waals surface area contributed by atoms with Gasteiger partial charge in [-0.15, -0.1) is 12.6 Å². The predicted octanol–water partition coefficient (Wildman–Crippen LogP) is 3.87. The SMILES string of the molecule is O=CN1CCC(N(C(=O)c2ccc(-c3ccc(S)cc3)cc2)C2CC2)CC1. The molecule has 0 atom stereocenters. The van der Waals surface area contributed by atoms with Crippen molar-refractivity contribution in [3.05, 3.63) is 54.1 Å². The van der Waals surface area contributed by atoms with E-state index in [0.717, 1.165) is 66.8 Å². The fourth-order valence-electron chi connectivity index (χ4n) is 3.86. The molecule has 2 aromatic rings. The summed E-state index contributed by atoms with van der Waals surface area (Å²) in [5, 5.41) is 0. The number of rotatable bonds is 5. The van der Waals surface area contributed by atoms with E-state index in [2.05, 4.69) is 17.5 Å². The minimum absolute atomic E-state index is 0.124. The molecule has 0 bridgehead atoms. The summed E-state index contributed by atoms with van der Waals surface area (Å²) in [6.45, 7) is 1.48. The number of benzene rings is 2. The molecule has 140 valence electrons. The Balaban J connectivity index is 1.50. The number of amides is 2. The molecular formula is C22H24N2O2S. The smallest absolute Gasteiger partial charge is 0.254 e. The second-order valence-electron chi connectivity index (χ2n) is 7.44. The van der Waals surface area contributed by atoms with Crippen LogP contribution in [0.2, 0.25) is 0 Å². The zero-order valence-corrected chi connectivity index (χ0v) is 16.1. The fourth-order valence-corrected chi connectivity index (χ4v) is 4.01. The Kier molecular flexibility index (Phi) is 5.21. The first-order valence-electron chi connectivity index (χ1n) is 9.57. The molecule has 2 aromatic carbocycles. The third kappa shape index (κ3) is 4.03. The van der Waals surface area contributed by atoms with E-state index in [9.17, 15) is 9.59 Å². The zero-order chi connectivity index (χ0) is 18.8. The molecule has 0 unspecified atom stereocenters. The summed E-state index contributed by atoms with van der Waals surface area (Å²) < 4.78 is 0. The maximum Gasteiger partial charge on any atom is 0.254 e. The van der Waals surface area contributed by atoms with Gasteiger partial charge in [0, 0.05) is 35.6 Å². The Morgan fingerprint density at radius 1 is 0.889 bits per heavy atom. The summed E-state index contributed by atoms with van der Waals surface area (Å²) in [5.74, 6) is 0.124. The molecule has 2 aliphatic rings. The van der Waals surface area contributed by atoms with E-state index >= 15 is 0 Å². The highest BCUT2D eigenvalue weighted by atomic mass is 32.1. The zero-order valence-electron chi connectivity index (χ0n) is 15.3. The predicted molar refractivity (Wildman–Crippen MR) is 109 cm³/mol. The molecule has 4 nitrogen and oxygen atoms in total. The van der Waals surface area contributed by atoms with Crippen LogP contribution in [0.5, 0.6) is 0 Å². The van der Waals surface area contributed by atoms with E-state index in [1.54, 1.807) is 4.90 Å². The van der Waals surface area contributed by atoms with Crippen LogP contribution in [0.25, 0.3) is 11.1 Å². The molecule has 1 aliphatic heterocycles. The van der Waals surface area contributed by atoms with Crippen molar-refractivity contribution in [2.24, 2.45) is 0 Å². The van der Waals surface area contributed by atoms with Crippen LogP contribution in [-0.2, 0) is 4.79 Å². The van der Waals surface area contributed by atoms with Gasteiger partial charge < -0.3 is 9.80 Å². The molecule has 0 spiro atoms. The average Bonchev–Trinajstić information content (AvgIpc) is 3.54. The van der Waals surface area contributed by atoms with Crippen LogP contribution in [0.1, 0.15) is 36.0 Å². The van der Waals surface area contributed by atoms with E-state index in [0.29, 0.717) is 6.04 Å². The Bertz CT molecular complexity index is 807. The van der Waals surface area contributed by atoms with Gasteiger partial charge >= 0.3 is 0 Å². The third-order valence-corrected chi connectivity index (χ3v) is 5.85. The molecule has 27 heavy (non-hydrogen) atoms. The van der Waals surface area contributed by atoms with Crippen LogP contribution in [-0.4, -0.2) is 47.3 Å². The van der Waals surface area contributed by atoms with E-state index in [-0.39, 0.29) is 11.9 Å². The summed E-state index contributed by atoms with van der Waals surface area (Å²) in [5.41, 5.74) is 2.96. The summed E-state index contributed by atoms with van der Waals surface area (Å²) in [4.78, 5) is 29.0. The largest absolute Gasteiger partial charge is 0.345 e. The van der Waals surface area contributed by atoms with Crippen LogP contribution >= 0.6 is 12.6 Å². The van der Waals surface area contributed by atoms with Crippen molar-refractivity contribution in [3.63, 3.8) is 0 Å². The van der Waals surface area contributed by atoms with Crippen LogP contribution in [0.4, 0.5) is 0 Å². The van der Waals surface area contributed by atoms with Crippen molar-refractivity contribution in [1.29, 1.82) is 0 Å². The number of nitrogens with zero attached hydrogens (tertiary/aromatic N) is 2. The Hall–Kier alpha value is -2.27. The Morgan fingerprint density at radius 2 is 1.41 bits per heavy atom. The molecule has 2 amide bonds. The van der Waals surface area contributed by atoms with E-state index < -0.39 is 0 Å². The van der Waals surface area contributed by atoms with Crippen LogP contribution < -0.4 is 0 Å². The molecule has 4 rings (SSSR count). The van der Waals surface area contributed by atoms with Gasteiger partial charge in [-0.25, -0.2) is 0 Å². The van der Waals surface area contributed by atoms with Gasteiger partial charge in [0.05, 0.1) is 0 Å². The topological polar surface area (TPSA) is 40.6 Å².